The number of H-pyrrole nitrogens is 1. The van der Waals surface area contributed by atoms with Crippen molar-refractivity contribution in [1.29, 1.82) is 0 Å². The molecular weight excluding hydrogens is 430 g/mol. The van der Waals surface area contributed by atoms with Crippen LogP contribution in [0.2, 0.25) is 5.02 Å². The molecule has 0 atom stereocenters. The van der Waals surface area contributed by atoms with Crippen LogP contribution in [0.25, 0.3) is 10.9 Å². The first-order chi connectivity index (χ1) is 12.9. The second-order valence-electron chi connectivity index (χ2n) is 7.25. The van der Waals surface area contributed by atoms with Gasteiger partial charge in [-0.15, -0.1) is 0 Å². The number of aliphatic hydroxyl groups excluding tert-OH is 1. The fourth-order valence-corrected chi connectivity index (χ4v) is 4.51. The van der Waals surface area contributed by atoms with E-state index in [0.717, 1.165) is 26.6 Å². The van der Waals surface area contributed by atoms with Gasteiger partial charge in [0.05, 0.1) is 21.7 Å². The lowest BCUT2D eigenvalue weighted by atomic mass is 9.71. The number of ketones is 1. The van der Waals surface area contributed by atoms with Gasteiger partial charge in [0.25, 0.3) is 0 Å². The molecule has 2 aromatic carbocycles. The quantitative estimate of drug-likeness (QED) is 0.538. The van der Waals surface area contributed by atoms with Crippen LogP contribution in [0.5, 0.6) is 5.75 Å². The normalized spacial score (nSPS) is 14.9. The number of ether oxygens (including phenoxy) is 1. The zero-order chi connectivity index (χ0) is 19.3. The number of benzene rings is 2. The van der Waals surface area contributed by atoms with Gasteiger partial charge in [-0.2, -0.15) is 0 Å². The number of carbonyl (C=O) groups excluding carboxylic acids is 1. The van der Waals surface area contributed by atoms with E-state index in [4.69, 9.17) is 21.4 Å². The van der Waals surface area contributed by atoms with E-state index in [2.05, 4.69) is 34.8 Å². The molecule has 4 rings (SSSR count). The summed E-state index contributed by atoms with van der Waals surface area (Å²) >= 11 is 9.94. The molecular formula is C21H19BrClNO3. The molecule has 0 unspecified atom stereocenters. The topological polar surface area (TPSA) is 62.3 Å². The number of halogens is 2. The van der Waals surface area contributed by atoms with Gasteiger partial charge in [0.15, 0.2) is 5.78 Å². The highest BCUT2D eigenvalue weighted by atomic mass is 79.9. The zero-order valence-corrected chi connectivity index (χ0v) is 17.4. The number of hydrogen-bond donors (Lipinski definition) is 2. The molecule has 0 fully saturated rings. The Bertz CT molecular complexity index is 1070. The lowest BCUT2D eigenvalue weighted by molar-refractivity contribution is 0.103. The largest absolute Gasteiger partial charge is 0.492 e. The van der Waals surface area contributed by atoms with Crippen molar-refractivity contribution in [2.75, 3.05) is 13.2 Å². The first kappa shape index (κ1) is 18.5. The van der Waals surface area contributed by atoms with Crippen molar-refractivity contribution in [2.45, 2.75) is 25.7 Å². The van der Waals surface area contributed by atoms with E-state index in [1.807, 2.05) is 30.3 Å². The van der Waals surface area contributed by atoms with E-state index in [1.165, 1.54) is 0 Å². The van der Waals surface area contributed by atoms with Crippen molar-refractivity contribution in [3.05, 3.63) is 62.2 Å². The van der Waals surface area contributed by atoms with Crippen LogP contribution in [0.15, 0.2) is 34.8 Å². The second kappa shape index (κ2) is 6.66. The molecule has 0 aliphatic heterocycles. The van der Waals surface area contributed by atoms with Crippen molar-refractivity contribution < 1.29 is 14.6 Å². The lowest BCUT2D eigenvalue weighted by Gasteiger charge is -2.32. The van der Waals surface area contributed by atoms with Crippen LogP contribution in [-0.2, 0) is 5.41 Å². The van der Waals surface area contributed by atoms with Gasteiger partial charge in [-0.3, -0.25) is 4.79 Å². The summed E-state index contributed by atoms with van der Waals surface area (Å²) in [6, 6.07) is 9.37. The summed E-state index contributed by atoms with van der Waals surface area (Å²) < 4.78 is 6.51. The first-order valence-electron chi connectivity index (χ1n) is 8.79. The molecule has 1 aromatic heterocycles. The number of carbonyl (C=O) groups is 1. The molecule has 1 aliphatic rings. The maximum Gasteiger partial charge on any atom is 0.195 e. The molecule has 4 nitrogen and oxygen atoms in total. The monoisotopic (exact) mass is 447 g/mol. The molecule has 0 radical (unpaired) electrons. The lowest BCUT2D eigenvalue weighted by Crippen LogP contribution is -2.30. The summed E-state index contributed by atoms with van der Waals surface area (Å²) in [5.74, 6) is 0.627. The molecule has 1 aliphatic carbocycles. The predicted octanol–water partition coefficient (Wildman–Crippen LogP) is 5.22. The van der Waals surface area contributed by atoms with E-state index in [1.54, 1.807) is 0 Å². The molecule has 3 aromatic rings. The highest BCUT2D eigenvalue weighted by Crippen LogP contribution is 2.47. The van der Waals surface area contributed by atoms with Gasteiger partial charge in [-0.1, -0.05) is 31.5 Å². The number of aliphatic hydroxyl groups is 1. The number of hydrogen-bond acceptors (Lipinski definition) is 3. The van der Waals surface area contributed by atoms with Gasteiger partial charge < -0.3 is 14.8 Å². The standard InChI is InChI=1S/C21H19BrClNO3/c1-21(2)12-10-16(27-8-4-7-25)13(22)9-11(12)19(26)18-17-14(23)5-3-6-15(17)24-20(18)21/h3,5-6,9-10,24-25H,4,7-8H2,1-2H3. The highest BCUT2D eigenvalue weighted by molar-refractivity contribution is 9.10. The van der Waals surface area contributed by atoms with Crippen LogP contribution in [-0.4, -0.2) is 29.1 Å². The van der Waals surface area contributed by atoms with Gasteiger partial charge in [0.2, 0.25) is 0 Å². The van der Waals surface area contributed by atoms with E-state index in [-0.39, 0.29) is 12.4 Å². The summed E-state index contributed by atoms with van der Waals surface area (Å²) in [6.07, 6.45) is 0.552. The highest BCUT2D eigenvalue weighted by Gasteiger charge is 2.40. The minimum absolute atomic E-state index is 0.0405. The van der Waals surface area contributed by atoms with Gasteiger partial charge in [0, 0.05) is 40.6 Å². The van der Waals surface area contributed by atoms with Crippen LogP contribution < -0.4 is 4.74 Å². The van der Waals surface area contributed by atoms with Gasteiger partial charge in [-0.25, -0.2) is 0 Å². The van der Waals surface area contributed by atoms with E-state index < -0.39 is 5.41 Å². The van der Waals surface area contributed by atoms with Crippen molar-refractivity contribution in [2.24, 2.45) is 0 Å². The Labute approximate surface area is 170 Å². The number of aromatic nitrogens is 1. The van der Waals surface area contributed by atoms with Crippen molar-refractivity contribution in [3.8, 4) is 5.75 Å². The minimum Gasteiger partial charge on any atom is -0.492 e. The third kappa shape index (κ3) is 2.80. The van der Waals surface area contributed by atoms with Gasteiger partial charge >= 0.3 is 0 Å². The molecule has 0 spiro atoms. The smallest absolute Gasteiger partial charge is 0.195 e. The molecule has 2 N–H and O–H groups in total. The Morgan fingerprint density at radius 2 is 2.07 bits per heavy atom. The summed E-state index contributed by atoms with van der Waals surface area (Å²) in [5.41, 5.74) is 3.51. The second-order valence-corrected chi connectivity index (χ2v) is 8.51. The molecule has 0 amide bonds. The summed E-state index contributed by atoms with van der Waals surface area (Å²) in [6.45, 7) is 4.67. The Hall–Kier alpha value is -1.82. The Kier molecular flexibility index (Phi) is 4.57. The predicted molar refractivity (Wildman–Crippen MR) is 110 cm³/mol. The number of rotatable bonds is 4. The van der Waals surface area contributed by atoms with Gasteiger partial charge in [-0.05, 0) is 45.8 Å². The van der Waals surface area contributed by atoms with Crippen LogP contribution in [0.1, 0.15) is 47.4 Å². The Morgan fingerprint density at radius 3 is 2.81 bits per heavy atom. The SMILES string of the molecule is CC1(C)c2cc(OCCCO)c(Br)cc2C(=O)c2c1[nH]c1cccc(Cl)c21. The average Bonchev–Trinajstić information content (AvgIpc) is 3.03. The van der Waals surface area contributed by atoms with Crippen LogP contribution >= 0.6 is 27.5 Å². The van der Waals surface area contributed by atoms with Crippen molar-refractivity contribution >= 4 is 44.2 Å². The number of fused-ring (bicyclic) bond motifs is 4. The van der Waals surface area contributed by atoms with E-state index in [9.17, 15) is 4.79 Å². The third-order valence-electron chi connectivity index (χ3n) is 5.18. The summed E-state index contributed by atoms with van der Waals surface area (Å²) in [7, 11) is 0. The van der Waals surface area contributed by atoms with Crippen molar-refractivity contribution in [1.82, 2.24) is 4.98 Å². The van der Waals surface area contributed by atoms with Gasteiger partial charge in [0.1, 0.15) is 5.75 Å². The summed E-state index contributed by atoms with van der Waals surface area (Å²) in [4.78, 5) is 16.8. The molecule has 0 saturated heterocycles. The van der Waals surface area contributed by atoms with Crippen LogP contribution in [0.3, 0.4) is 0 Å². The molecule has 0 saturated carbocycles. The minimum atomic E-state index is -0.420. The first-order valence-corrected chi connectivity index (χ1v) is 9.96. The van der Waals surface area contributed by atoms with Crippen LogP contribution in [0.4, 0.5) is 0 Å². The molecule has 6 heteroatoms. The number of aromatic amines is 1. The fraction of sp³-hybridized carbons (Fsp3) is 0.286. The Balaban J connectivity index is 1.92. The average molecular weight is 449 g/mol. The maximum absolute atomic E-state index is 13.4. The van der Waals surface area contributed by atoms with Crippen LogP contribution in [0, 0.1) is 0 Å². The third-order valence-corrected chi connectivity index (χ3v) is 6.11. The molecule has 27 heavy (non-hydrogen) atoms. The van der Waals surface area contributed by atoms with E-state index in [0.29, 0.717) is 34.9 Å². The molecule has 0 bridgehead atoms. The molecule has 140 valence electrons. The fourth-order valence-electron chi connectivity index (χ4n) is 3.79. The molecule has 1 heterocycles. The maximum atomic E-state index is 13.4. The number of nitrogens with one attached hydrogen (secondary N) is 1. The zero-order valence-electron chi connectivity index (χ0n) is 15.0. The Morgan fingerprint density at radius 1 is 1.30 bits per heavy atom. The van der Waals surface area contributed by atoms with E-state index >= 15 is 0 Å². The summed E-state index contributed by atoms with van der Waals surface area (Å²) in [5, 5.41) is 10.3. The van der Waals surface area contributed by atoms with Crippen molar-refractivity contribution in [3.63, 3.8) is 0 Å².